The number of benzene rings is 2. The fourth-order valence-corrected chi connectivity index (χ4v) is 2.23. The van der Waals surface area contributed by atoms with Crippen LogP contribution in [0.25, 0.3) is 11.1 Å². The first kappa shape index (κ1) is 10.9. The lowest BCUT2D eigenvalue weighted by molar-refractivity contribution is 1.45. The van der Waals surface area contributed by atoms with Gasteiger partial charge in [-0.3, -0.25) is 0 Å². The SMILES string of the molecule is Sc1ccc(Cl)c(Cl)c1-c1ccccc1. The minimum atomic E-state index is 0.549. The number of thiol groups is 1. The topological polar surface area (TPSA) is 0 Å². The van der Waals surface area contributed by atoms with Crippen molar-refractivity contribution in [1.82, 2.24) is 0 Å². The largest absolute Gasteiger partial charge is 0.143 e. The molecular weight excluding hydrogens is 247 g/mol. The van der Waals surface area contributed by atoms with Gasteiger partial charge in [-0.2, -0.15) is 0 Å². The monoisotopic (exact) mass is 254 g/mol. The van der Waals surface area contributed by atoms with Gasteiger partial charge in [0.1, 0.15) is 0 Å². The first-order valence-electron chi connectivity index (χ1n) is 4.42. The molecule has 0 saturated heterocycles. The van der Waals surface area contributed by atoms with E-state index in [9.17, 15) is 0 Å². The Balaban J connectivity index is 2.68. The highest BCUT2D eigenvalue weighted by Crippen LogP contribution is 2.37. The summed E-state index contributed by atoms with van der Waals surface area (Å²) in [5, 5.41) is 1.10. The Bertz CT molecular complexity index is 480. The van der Waals surface area contributed by atoms with Crippen molar-refractivity contribution in [3.05, 3.63) is 52.5 Å². The van der Waals surface area contributed by atoms with Crippen LogP contribution in [0, 0.1) is 0 Å². The highest BCUT2D eigenvalue weighted by molar-refractivity contribution is 7.80. The maximum absolute atomic E-state index is 6.15. The Morgan fingerprint density at radius 3 is 2.20 bits per heavy atom. The molecule has 0 fully saturated rings. The molecule has 76 valence electrons. The van der Waals surface area contributed by atoms with Gasteiger partial charge in [0, 0.05) is 10.5 Å². The highest BCUT2D eigenvalue weighted by atomic mass is 35.5. The van der Waals surface area contributed by atoms with Crippen LogP contribution in [0.5, 0.6) is 0 Å². The number of halogens is 2. The molecule has 0 atom stereocenters. The van der Waals surface area contributed by atoms with Gasteiger partial charge in [-0.25, -0.2) is 0 Å². The van der Waals surface area contributed by atoms with Crippen molar-refractivity contribution >= 4 is 35.8 Å². The lowest BCUT2D eigenvalue weighted by atomic mass is 10.1. The van der Waals surface area contributed by atoms with E-state index in [0.29, 0.717) is 10.0 Å². The summed E-state index contributed by atoms with van der Waals surface area (Å²) in [5.41, 5.74) is 1.91. The molecular formula is C12H8Cl2S. The standard InChI is InChI=1S/C12H8Cl2S/c13-9-6-7-10(15)11(12(9)14)8-4-2-1-3-5-8/h1-7,15H. The van der Waals surface area contributed by atoms with Crippen LogP contribution in [0.1, 0.15) is 0 Å². The summed E-state index contributed by atoms with van der Waals surface area (Å²) in [5.74, 6) is 0. The minimum absolute atomic E-state index is 0.549. The zero-order valence-electron chi connectivity index (χ0n) is 7.74. The second kappa shape index (κ2) is 4.48. The van der Waals surface area contributed by atoms with E-state index >= 15 is 0 Å². The van der Waals surface area contributed by atoms with Crippen molar-refractivity contribution in [2.75, 3.05) is 0 Å². The molecule has 2 aromatic rings. The molecule has 0 N–H and O–H groups in total. The maximum Gasteiger partial charge on any atom is 0.0681 e. The first-order chi connectivity index (χ1) is 7.20. The van der Waals surface area contributed by atoms with E-state index in [2.05, 4.69) is 12.6 Å². The summed E-state index contributed by atoms with van der Waals surface area (Å²) >= 11 is 16.5. The molecule has 0 aromatic heterocycles. The average molecular weight is 255 g/mol. The molecule has 0 aliphatic carbocycles. The summed E-state index contributed by atoms with van der Waals surface area (Å²) in [6, 6.07) is 13.4. The molecule has 0 bridgehead atoms. The van der Waals surface area contributed by atoms with Gasteiger partial charge in [0.25, 0.3) is 0 Å². The van der Waals surface area contributed by atoms with Crippen LogP contribution in [0.4, 0.5) is 0 Å². The Labute approximate surface area is 104 Å². The van der Waals surface area contributed by atoms with E-state index in [1.165, 1.54) is 0 Å². The van der Waals surface area contributed by atoms with Crippen molar-refractivity contribution in [1.29, 1.82) is 0 Å². The molecule has 0 heterocycles. The molecule has 0 aliphatic heterocycles. The third-order valence-corrected chi connectivity index (χ3v) is 3.31. The minimum Gasteiger partial charge on any atom is -0.143 e. The first-order valence-corrected chi connectivity index (χ1v) is 5.63. The molecule has 0 nitrogen and oxygen atoms in total. The number of hydrogen-bond donors (Lipinski definition) is 1. The smallest absolute Gasteiger partial charge is 0.0681 e. The predicted molar refractivity (Wildman–Crippen MR) is 69.2 cm³/mol. The summed E-state index contributed by atoms with van der Waals surface area (Å²) in [6.07, 6.45) is 0. The van der Waals surface area contributed by atoms with Gasteiger partial charge < -0.3 is 0 Å². The number of hydrogen-bond acceptors (Lipinski definition) is 1. The molecule has 0 unspecified atom stereocenters. The third kappa shape index (κ3) is 2.15. The Hall–Kier alpha value is -0.630. The molecule has 2 aromatic carbocycles. The van der Waals surface area contributed by atoms with Gasteiger partial charge in [0.05, 0.1) is 10.0 Å². The van der Waals surface area contributed by atoms with Crippen molar-refractivity contribution in [2.45, 2.75) is 4.90 Å². The normalized spacial score (nSPS) is 10.3. The van der Waals surface area contributed by atoms with Gasteiger partial charge in [0.2, 0.25) is 0 Å². The van der Waals surface area contributed by atoms with E-state index < -0.39 is 0 Å². The van der Waals surface area contributed by atoms with E-state index in [1.807, 2.05) is 36.4 Å². The van der Waals surface area contributed by atoms with Crippen LogP contribution in [0.3, 0.4) is 0 Å². The zero-order chi connectivity index (χ0) is 10.8. The Kier molecular flexibility index (Phi) is 3.25. The van der Waals surface area contributed by atoms with Crippen LogP contribution < -0.4 is 0 Å². The molecule has 0 saturated carbocycles. The van der Waals surface area contributed by atoms with E-state index in [4.69, 9.17) is 23.2 Å². The summed E-state index contributed by atoms with van der Waals surface area (Å²) < 4.78 is 0. The van der Waals surface area contributed by atoms with E-state index in [1.54, 1.807) is 6.07 Å². The van der Waals surface area contributed by atoms with Crippen LogP contribution in [-0.4, -0.2) is 0 Å². The lowest BCUT2D eigenvalue weighted by Crippen LogP contribution is -1.82. The van der Waals surface area contributed by atoms with Gasteiger partial charge in [-0.15, -0.1) is 12.6 Å². The van der Waals surface area contributed by atoms with Crippen LogP contribution >= 0.6 is 35.8 Å². The molecule has 15 heavy (non-hydrogen) atoms. The zero-order valence-corrected chi connectivity index (χ0v) is 10.2. The van der Waals surface area contributed by atoms with Gasteiger partial charge in [-0.1, -0.05) is 53.5 Å². The quantitative estimate of drug-likeness (QED) is 0.685. The van der Waals surface area contributed by atoms with Gasteiger partial charge >= 0.3 is 0 Å². The van der Waals surface area contributed by atoms with Crippen molar-refractivity contribution in [2.24, 2.45) is 0 Å². The second-order valence-corrected chi connectivity index (χ2v) is 4.39. The maximum atomic E-state index is 6.15. The van der Waals surface area contributed by atoms with E-state index in [-0.39, 0.29) is 0 Å². The predicted octanol–water partition coefficient (Wildman–Crippen LogP) is 4.95. The van der Waals surface area contributed by atoms with E-state index in [0.717, 1.165) is 16.0 Å². The van der Waals surface area contributed by atoms with Crippen LogP contribution in [0.15, 0.2) is 47.4 Å². The summed E-state index contributed by atoms with van der Waals surface area (Å²) in [4.78, 5) is 0.829. The van der Waals surface area contributed by atoms with Crippen LogP contribution in [-0.2, 0) is 0 Å². The lowest BCUT2D eigenvalue weighted by Gasteiger charge is -2.08. The van der Waals surface area contributed by atoms with Crippen molar-refractivity contribution < 1.29 is 0 Å². The van der Waals surface area contributed by atoms with Crippen LogP contribution in [0.2, 0.25) is 10.0 Å². The Morgan fingerprint density at radius 1 is 0.867 bits per heavy atom. The number of rotatable bonds is 1. The average Bonchev–Trinajstić information content (AvgIpc) is 2.26. The molecule has 0 aliphatic rings. The second-order valence-electron chi connectivity index (χ2n) is 3.12. The molecule has 0 amide bonds. The summed E-state index contributed by atoms with van der Waals surface area (Å²) in [7, 11) is 0. The molecule has 0 radical (unpaired) electrons. The fourth-order valence-electron chi connectivity index (χ4n) is 1.42. The van der Waals surface area contributed by atoms with Crippen molar-refractivity contribution in [3.63, 3.8) is 0 Å². The molecule has 3 heteroatoms. The van der Waals surface area contributed by atoms with Gasteiger partial charge in [0.15, 0.2) is 0 Å². The Morgan fingerprint density at radius 2 is 1.53 bits per heavy atom. The molecule has 0 spiro atoms. The fraction of sp³-hybridized carbons (Fsp3) is 0. The highest BCUT2D eigenvalue weighted by Gasteiger charge is 2.10. The summed E-state index contributed by atoms with van der Waals surface area (Å²) in [6.45, 7) is 0. The van der Waals surface area contributed by atoms with Gasteiger partial charge in [-0.05, 0) is 17.7 Å². The molecule has 2 rings (SSSR count). The third-order valence-electron chi connectivity index (χ3n) is 2.14. The van der Waals surface area contributed by atoms with Crippen molar-refractivity contribution in [3.8, 4) is 11.1 Å².